The molecular weight excluding hydrogens is 1110 g/mol. The Kier molecular flexibility index (Phi) is 28.5. The lowest BCUT2D eigenvalue weighted by molar-refractivity contribution is 0.0487. The molecule has 0 aliphatic heterocycles. The lowest BCUT2D eigenvalue weighted by Crippen LogP contribution is -2.38. The number of benzene rings is 4. The van der Waals surface area contributed by atoms with Crippen molar-refractivity contribution in [2.24, 2.45) is 0 Å². The number of carbonyl (C=O) groups excluding carboxylic acids is 8. The number of rotatable bonds is 37. The number of carbonyl (C=O) groups is 8. The largest absolute Gasteiger partial charge is 0.436 e. The third-order valence-electron chi connectivity index (χ3n) is 13.3. The standard InChI is InChI=1S/C64H88N6O16/c1-61(2,79)53(71)47-25-17-43(18-26-47)51(44-19-27-48(28-20-44)54(72)62(3,4)80)85-59(77)69-35-15-11-9-13-33-65-57(75)67-37-39-83-41-42-84-40-38-68-58(76)66-34-14-10-12-16-36-70-60(78)86-52(45-21-29-49(30-22-45)55(73)63(5,6)81)46-23-31-50(32-24-46)56(74)64(7,8)82/h17-32,51-52,79-82H,9-16,33-42H2,1-8H3,(H,69,77)(H,70,78)(H2,65,67,75)(H2,66,68,76). The molecule has 10 N–H and O–H groups in total. The third-order valence-corrected chi connectivity index (χ3v) is 13.3. The van der Waals surface area contributed by atoms with Gasteiger partial charge in [0, 0.05) is 61.5 Å². The van der Waals surface area contributed by atoms with Gasteiger partial charge in [-0.25, -0.2) is 19.2 Å². The van der Waals surface area contributed by atoms with Gasteiger partial charge in [-0.3, -0.25) is 19.2 Å². The summed E-state index contributed by atoms with van der Waals surface area (Å²) in [7, 11) is 0. The van der Waals surface area contributed by atoms with Gasteiger partial charge in [0.25, 0.3) is 0 Å². The Bertz CT molecular complexity index is 2480. The lowest BCUT2D eigenvalue weighted by atomic mass is 9.92. The molecule has 0 fully saturated rings. The van der Waals surface area contributed by atoms with Crippen LogP contribution in [0, 0.1) is 0 Å². The summed E-state index contributed by atoms with van der Waals surface area (Å²) in [5, 5.41) is 57.3. The molecule has 0 spiro atoms. The molecule has 0 bridgehead atoms. The Labute approximate surface area is 503 Å². The van der Waals surface area contributed by atoms with Crippen LogP contribution in [-0.2, 0) is 18.9 Å². The molecule has 0 radical (unpaired) electrons. The summed E-state index contributed by atoms with van der Waals surface area (Å²) >= 11 is 0. The van der Waals surface area contributed by atoms with Crippen LogP contribution in [0.5, 0.6) is 0 Å². The van der Waals surface area contributed by atoms with Crippen LogP contribution in [0.3, 0.4) is 0 Å². The highest BCUT2D eigenvalue weighted by atomic mass is 16.6. The molecule has 0 aromatic heterocycles. The maximum absolute atomic E-state index is 13.0. The smallest absolute Gasteiger partial charge is 0.408 e. The van der Waals surface area contributed by atoms with Gasteiger partial charge in [0.2, 0.25) is 0 Å². The van der Waals surface area contributed by atoms with Gasteiger partial charge in [0.1, 0.15) is 22.4 Å². The zero-order valence-corrected chi connectivity index (χ0v) is 50.8. The maximum atomic E-state index is 13.0. The second kappa shape index (κ2) is 34.5. The fraction of sp³-hybridized carbons (Fsp3) is 0.500. The SMILES string of the molecule is CC(C)(O)C(=O)c1ccc(C(OC(=O)NCCCCCCNC(=O)NCCOCCOCCNC(=O)NCCCCCCNC(=O)OC(c2ccc(C(=O)C(C)(C)O)cc2)c2ccc(C(=O)C(C)(C)O)cc2)c2ccc(C(=O)C(C)(C)O)cc2)cc1. The van der Waals surface area contributed by atoms with Gasteiger partial charge in [-0.1, -0.05) is 123 Å². The molecule has 0 heterocycles. The van der Waals surface area contributed by atoms with Crippen molar-refractivity contribution >= 4 is 47.4 Å². The molecule has 6 amide bonds. The molecule has 22 heteroatoms. The summed E-state index contributed by atoms with van der Waals surface area (Å²) in [4.78, 5) is 101. The van der Waals surface area contributed by atoms with Crippen LogP contribution in [0.25, 0.3) is 0 Å². The fourth-order valence-corrected chi connectivity index (χ4v) is 8.52. The molecule has 0 aliphatic rings. The first-order valence-electron chi connectivity index (χ1n) is 29.1. The highest BCUT2D eigenvalue weighted by Gasteiger charge is 2.30. The van der Waals surface area contributed by atoms with E-state index in [1.54, 1.807) is 97.1 Å². The van der Waals surface area contributed by atoms with E-state index in [0.29, 0.717) is 87.6 Å². The monoisotopic (exact) mass is 1200 g/mol. The van der Waals surface area contributed by atoms with Crippen LogP contribution in [0.15, 0.2) is 97.1 Å². The molecule has 4 aromatic carbocycles. The van der Waals surface area contributed by atoms with E-state index in [4.69, 9.17) is 18.9 Å². The first-order chi connectivity index (χ1) is 40.6. The minimum absolute atomic E-state index is 0.283. The average molecular weight is 1200 g/mol. The predicted octanol–water partition coefficient (Wildman–Crippen LogP) is 7.58. The number of nitrogens with one attached hydrogen (secondary N) is 6. The minimum atomic E-state index is -1.57. The van der Waals surface area contributed by atoms with E-state index in [0.717, 1.165) is 38.5 Å². The van der Waals surface area contributed by atoms with Crippen molar-refractivity contribution in [3.05, 3.63) is 142 Å². The van der Waals surface area contributed by atoms with Crippen molar-refractivity contribution in [1.29, 1.82) is 0 Å². The first-order valence-corrected chi connectivity index (χ1v) is 29.1. The molecule has 0 aliphatic carbocycles. The van der Waals surface area contributed by atoms with E-state index in [2.05, 4.69) is 31.9 Å². The molecule has 0 unspecified atom stereocenters. The van der Waals surface area contributed by atoms with Gasteiger partial charge >= 0.3 is 24.2 Å². The van der Waals surface area contributed by atoms with Crippen LogP contribution < -0.4 is 31.9 Å². The molecule has 4 aromatic rings. The number of hydrogen-bond acceptors (Lipinski definition) is 16. The minimum Gasteiger partial charge on any atom is -0.436 e. The molecular formula is C64H88N6O16. The number of hydrogen-bond donors (Lipinski definition) is 10. The second-order valence-electron chi connectivity index (χ2n) is 22.9. The summed E-state index contributed by atoms with van der Waals surface area (Å²) in [6, 6.07) is 24.8. The van der Waals surface area contributed by atoms with Gasteiger partial charge in [-0.15, -0.1) is 0 Å². The predicted molar refractivity (Wildman–Crippen MR) is 322 cm³/mol. The lowest BCUT2D eigenvalue weighted by Gasteiger charge is -2.21. The molecule has 470 valence electrons. The van der Waals surface area contributed by atoms with Crippen molar-refractivity contribution < 1.29 is 77.7 Å². The average Bonchev–Trinajstić information content (AvgIpc) is 1.59. The highest BCUT2D eigenvalue weighted by molar-refractivity contribution is 6.03. The molecule has 86 heavy (non-hydrogen) atoms. The quantitative estimate of drug-likeness (QED) is 0.0154. The normalized spacial score (nSPS) is 11.8. The maximum Gasteiger partial charge on any atom is 0.408 e. The molecule has 0 atom stereocenters. The summed E-state index contributed by atoms with van der Waals surface area (Å²) in [6.07, 6.45) is 2.81. The van der Waals surface area contributed by atoms with E-state index >= 15 is 0 Å². The van der Waals surface area contributed by atoms with Crippen LogP contribution in [-0.4, -0.2) is 156 Å². The number of unbranched alkanes of at least 4 members (excludes halogenated alkanes) is 6. The molecule has 0 saturated carbocycles. The molecule has 22 nitrogen and oxygen atoms in total. The number of Topliss-reactive ketones (excluding diaryl/α,β-unsaturated/α-hetero) is 4. The van der Waals surface area contributed by atoms with Crippen LogP contribution in [0.2, 0.25) is 0 Å². The summed E-state index contributed by atoms with van der Waals surface area (Å²) < 4.78 is 22.7. The molecule has 0 saturated heterocycles. The zero-order valence-electron chi connectivity index (χ0n) is 50.8. The Morgan fingerprint density at radius 2 is 0.547 bits per heavy atom. The Morgan fingerprint density at radius 3 is 0.779 bits per heavy atom. The number of aliphatic hydroxyl groups is 4. The number of urea groups is 2. The first kappa shape index (κ1) is 70.9. The van der Waals surface area contributed by atoms with E-state index in [-0.39, 0.29) is 47.5 Å². The highest BCUT2D eigenvalue weighted by Crippen LogP contribution is 2.30. The third kappa shape index (κ3) is 25.2. The van der Waals surface area contributed by atoms with Crippen LogP contribution in [0.4, 0.5) is 19.2 Å². The van der Waals surface area contributed by atoms with Gasteiger partial charge in [0.05, 0.1) is 26.4 Å². The number of alkyl carbamates (subject to hydrolysis) is 2. The van der Waals surface area contributed by atoms with Crippen molar-refractivity contribution in [2.75, 3.05) is 65.7 Å². The Balaban J connectivity index is 0.985. The van der Waals surface area contributed by atoms with Crippen molar-refractivity contribution in [1.82, 2.24) is 31.9 Å². The van der Waals surface area contributed by atoms with Crippen LogP contribution >= 0.6 is 0 Å². The van der Waals surface area contributed by atoms with Gasteiger partial charge in [-0.05, 0) is 103 Å². The summed E-state index contributed by atoms with van der Waals surface area (Å²) in [6.45, 7) is 14.6. The van der Waals surface area contributed by atoms with Gasteiger partial charge in [0.15, 0.2) is 35.3 Å². The van der Waals surface area contributed by atoms with E-state index < -0.39 is 69.9 Å². The second-order valence-corrected chi connectivity index (χ2v) is 22.9. The Hall–Kier alpha value is -7.60. The number of ketones is 4. The molecule has 4 rings (SSSR count). The number of ether oxygens (including phenoxy) is 4. The summed E-state index contributed by atoms with van der Waals surface area (Å²) in [5.41, 5.74) is -2.92. The van der Waals surface area contributed by atoms with Crippen molar-refractivity contribution in [3.8, 4) is 0 Å². The van der Waals surface area contributed by atoms with Crippen molar-refractivity contribution in [3.63, 3.8) is 0 Å². The van der Waals surface area contributed by atoms with E-state index in [1.807, 2.05) is 0 Å². The van der Waals surface area contributed by atoms with Gasteiger partial charge in [-0.2, -0.15) is 0 Å². The van der Waals surface area contributed by atoms with E-state index in [1.165, 1.54) is 55.4 Å². The zero-order chi connectivity index (χ0) is 63.5. The number of amides is 6. The summed E-state index contributed by atoms with van der Waals surface area (Å²) in [5.74, 6) is -1.86. The van der Waals surface area contributed by atoms with Crippen molar-refractivity contribution in [2.45, 2.75) is 141 Å². The van der Waals surface area contributed by atoms with Gasteiger partial charge < -0.3 is 71.3 Å². The van der Waals surface area contributed by atoms with E-state index in [9.17, 15) is 58.8 Å². The fourth-order valence-electron chi connectivity index (χ4n) is 8.52. The topological polar surface area (TPSA) is 327 Å². The van der Waals surface area contributed by atoms with Crippen LogP contribution in [0.1, 0.15) is 183 Å². The Morgan fingerprint density at radius 1 is 0.326 bits per heavy atom.